The summed E-state index contributed by atoms with van der Waals surface area (Å²) in [5, 5.41) is 11.4. The predicted octanol–water partition coefficient (Wildman–Crippen LogP) is 4.97. The third kappa shape index (κ3) is 6.27. The van der Waals surface area contributed by atoms with Gasteiger partial charge in [-0.3, -0.25) is 14.5 Å². The number of hydrogen-bond donors (Lipinski definition) is 1. The Kier molecular flexibility index (Phi) is 8.94. The fourth-order valence-electron chi connectivity index (χ4n) is 5.29. The topological polar surface area (TPSA) is 79.3 Å². The molecule has 0 aromatic heterocycles. The molecule has 0 aliphatic carbocycles. The van der Waals surface area contributed by atoms with Crippen molar-refractivity contribution in [2.45, 2.75) is 32.4 Å². The van der Waals surface area contributed by atoms with Crippen molar-refractivity contribution in [3.63, 3.8) is 0 Å². The molecule has 208 valence electrons. The number of amides is 1. The molecular formula is C33H36N2O5. The lowest BCUT2D eigenvalue weighted by Crippen LogP contribution is -2.38. The third-order valence-electron chi connectivity index (χ3n) is 7.60. The van der Waals surface area contributed by atoms with Crippen molar-refractivity contribution >= 4 is 17.4 Å². The summed E-state index contributed by atoms with van der Waals surface area (Å²) < 4.78 is 11.3. The van der Waals surface area contributed by atoms with Gasteiger partial charge in [-0.05, 0) is 53.8 Å². The number of rotatable bonds is 10. The van der Waals surface area contributed by atoms with Crippen LogP contribution in [-0.2, 0) is 27.4 Å². The van der Waals surface area contributed by atoms with Crippen LogP contribution in [0.3, 0.4) is 0 Å². The number of benzene rings is 3. The van der Waals surface area contributed by atoms with Gasteiger partial charge in [0.1, 0.15) is 18.1 Å². The Morgan fingerprint density at radius 1 is 0.900 bits per heavy atom. The molecule has 0 spiro atoms. The summed E-state index contributed by atoms with van der Waals surface area (Å²) in [4.78, 5) is 30.6. The highest BCUT2D eigenvalue weighted by atomic mass is 16.5. The van der Waals surface area contributed by atoms with Crippen molar-refractivity contribution in [3.05, 3.63) is 107 Å². The second kappa shape index (κ2) is 12.9. The van der Waals surface area contributed by atoms with Crippen LogP contribution in [0.1, 0.15) is 41.6 Å². The zero-order chi connectivity index (χ0) is 27.9. The van der Waals surface area contributed by atoms with Crippen molar-refractivity contribution in [2.24, 2.45) is 0 Å². The van der Waals surface area contributed by atoms with Crippen LogP contribution in [0.25, 0.3) is 5.76 Å². The highest BCUT2D eigenvalue weighted by Gasteiger charge is 2.45. The maximum absolute atomic E-state index is 13.4. The Labute approximate surface area is 235 Å². The molecule has 2 heterocycles. The van der Waals surface area contributed by atoms with E-state index >= 15 is 0 Å². The lowest BCUT2D eigenvalue weighted by atomic mass is 9.94. The van der Waals surface area contributed by atoms with Gasteiger partial charge in [0.25, 0.3) is 11.7 Å². The van der Waals surface area contributed by atoms with E-state index < -0.39 is 17.7 Å². The van der Waals surface area contributed by atoms with Crippen LogP contribution in [0.15, 0.2) is 84.4 Å². The van der Waals surface area contributed by atoms with E-state index in [1.54, 1.807) is 29.2 Å². The summed E-state index contributed by atoms with van der Waals surface area (Å²) in [6.07, 6.45) is 1.61. The molecule has 2 saturated heterocycles. The quantitative estimate of drug-likeness (QED) is 0.222. The fraction of sp³-hybridized carbons (Fsp3) is 0.333. The summed E-state index contributed by atoms with van der Waals surface area (Å²) >= 11 is 0. The van der Waals surface area contributed by atoms with Gasteiger partial charge in [0.2, 0.25) is 0 Å². The molecular weight excluding hydrogens is 504 g/mol. The zero-order valence-electron chi connectivity index (χ0n) is 22.9. The van der Waals surface area contributed by atoms with Crippen LogP contribution in [0.5, 0.6) is 5.75 Å². The zero-order valence-corrected chi connectivity index (χ0v) is 22.9. The van der Waals surface area contributed by atoms with E-state index in [1.807, 2.05) is 54.6 Å². The maximum atomic E-state index is 13.4. The Morgan fingerprint density at radius 3 is 2.27 bits per heavy atom. The minimum absolute atomic E-state index is 0.124. The minimum Gasteiger partial charge on any atom is -0.507 e. The van der Waals surface area contributed by atoms with E-state index in [1.165, 1.54) is 5.56 Å². The fourth-order valence-corrected chi connectivity index (χ4v) is 5.29. The summed E-state index contributed by atoms with van der Waals surface area (Å²) in [6, 6.07) is 24.1. The van der Waals surface area contributed by atoms with E-state index in [0.29, 0.717) is 37.7 Å². The smallest absolute Gasteiger partial charge is 0.295 e. The summed E-state index contributed by atoms with van der Waals surface area (Å²) in [5.74, 6) is -0.752. The van der Waals surface area contributed by atoms with Crippen LogP contribution >= 0.6 is 0 Å². The van der Waals surface area contributed by atoms with Crippen molar-refractivity contribution < 1.29 is 24.2 Å². The van der Waals surface area contributed by atoms with Gasteiger partial charge in [0, 0.05) is 31.7 Å². The molecule has 2 fully saturated rings. The lowest BCUT2D eigenvalue weighted by Gasteiger charge is -2.29. The first-order chi connectivity index (χ1) is 19.5. The van der Waals surface area contributed by atoms with Gasteiger partial charge in [-0.1, -0.05) is 61.5 Å². The molecule has 7 nitrogen and oxygen atoms in total. The standard InChI is InChI=1S/C33H36N2O5/c1-2-24-9-11-26(12-10-24)30-29(32(37)33(38)35(30)18-6-17-34-19-21-39-22-20-34)31(36)27-13-15-28(16-14-27)40-23-25-7-4-3-5-8-25/h3-5,7-16,30,36H,2,6,17-23H2,1H3/b31-29+. The largest absolute Gasteiger partial charge is 0.507 e. The number of carbonyl (C=O) groups is 2. The van der Waals surface area contributed by atoms with Gasteiger partial charge < -0.3 is 19.5 Å². The van der Waals surface area contributed by atoms with Crippen LogP contribution in [-0.4, -0.2) is 66.0 Å². The molecule has 3 aromatic rings. The molecule has 1 unspecified atom stereocenters. The Morgan fingerprint density at radius 2 is 1.60 bits per heavy atom. The highest BCUT2D eigenvalue weighted by Crippen LogP contribution is 2.39. The predicted molar refractivity (Wildman–Crippen MR) is 154 cm³/mol. The van der Waals surface area contributed by atoms with Gasteiger partial charge >= 0.3 is 0 Å². The Bertz CT molecular complexity index is 1330. The van der Waals surface area contributed by atoms with Crippen molar-refractivity contribution in [2.75, 3.05) is 39.4 Å². The molecule has 0 saturated carbocycles. The van der Waals surface area contributed by atoms with Gasteiger partial charge in [-0.25, -0.2) is 0 Å². The van der Waals surface area contributed by atoms with Crippen molar-refractivity contribution in [1.82, 2.24) is 9.80 Å². The van der Waals surface area contributed by atoms with E-state index in [4.69, 9.17) is 9.47 Å². The number of morpholine rings is 1. The van der Waals surface area contributed by atoms with Crippen molar-refractivity contribution in [3.8, 4) is 5.75 Å². The molecule has 1 atom stereocenters. The van der Waals surface area contributed by atoms with Gasteiger partial charge in [-0.2, -0.15) is 0 Å². The van der Waals surface area contributed by atoms with Crippen LogP contribution in [0.2, 0.25) is 0 Å². The van der Waals surface area contributed by atoms with E-state index in [2.05, 4.69) is 11.8 Å². The SMILES string of the molecule is CCc1ccc(C2/C(=C(\O)c3ccc(OCc4ccccc4)cc3)C(=O)C(=O)N2CCCN2CCOCC2)cc1. The number of ether oxygens (including phenoxy) is 2. The summed E-state index contributed by atoms with van der Waals surface area (Å²) in [6.45, 7) is 6.91. The van der Waals surface area contributed by atoms with Crippen molar-refractivity contribution in [1.29, 1.82) is 0 Å². The first-order valence-electron chi connectivity index (χ1n) is 14.0. The summed E-state index contributed by atoms with van der Waals surface area (Å²) in [5.41, 5.74) is 3.62. The molecule has 1 amide bonds. The Hall–Kier alpha value is -3.94. The lowest BCUT2D eigenvalue weighted by molar-refractivity contribution is -0.140. The minimum atomic E-state index is -0.655. The van der Waals surface area contributed by atoms with Gasteiger partial charge in [-0.15, -0.1) is 0 Å². The second-order valence-corrected chi connectivity index (χ2v) is 10.2. The molecule has 3 aromatic carbocycles. The number of hydrogen-bond acceptors (Lipinski definition) is 6. The number of aliphatic hydroxyl groups is 1. The molecule has 0 bridgehead atoms. The normalized spacial score (nSPS) is 19.2. The molecule has 2 aliphatic heterocycles. The molecule has 1 N–H and O–H groups in total. The number of likely N-dealkylation sites (tertiary alicyclic amines) is 1. The molecule has 5 rings (SSSR count). The average molecular weight is 541 g/mol. The number of aryl methyl sites for hydroxylation is 1. The summed E-state index contributed by atoms with van der Waals surface area (Å²) in [7, 11) is 0. The van der Waals surface area contributed by atoms with Gasteiger partial charge in [0.15, 0.2) is 0 Å². The van der Waals surface area contributed by atoms with Crippen LogP contribution in [0, 0.1) is 0 Å². The first-order valence-corrected chi connectivity index (χ1v) is 14.0. The third-order valence-corrected chi connectivity index (χ3v) is 7.60. The number of ketones is 1. The first kappa shape index (κ1) is 27.6. The van der Waals surface area contributed by atoms with Crippen LogP contribution in [0.4, 0.5) is 0 Å². The number of Topliss-reactive ketones (excluding diaryl/α,β-unsaturated/α-hetero) is 1. The second-order valence-electron chi connectivity index (χ2n) is 10.2. The average Bonchev–Trinajstić information content (AvgIpc) is 3.26. The molecule has 7 heteroatoms. The molecule has 0 radical (unpaired) electrons. The van der Waals surface area contributed by atoms with Crippen LogP contribution < -0.4 is 4.74 Å². The maximum Gasteiger partial charge on any atom is 0.295 e. The van der Waals surface area contributed by atoms with E-state index in [0.717, 1.165) is 43.6 Å². The van der Waals surface area contributed by atoms with E-state index in [-0.39, 0.29) is 11.3 Å². The van der Waals surface area contributed by atoms with E-state index in [9.17, 15) is 14.7 Å². The monoisotopic (exact) mass is 540 g/mol. The highest BCUT2D eigenvalue weighted by molar-refractivity contribution is 6.46. The van der Waals surface area contributed by atoms with Gasteiger partial charge in [0.05, 0.1) is 24.8 Å². The number of aliphatic hydroxyl groups excluding tert-OH is 1. The molecule has 40 heavy (non-hydrogen) atoms. The number of carbonyl (C=O) groups excluding carboxylic acids is 2. The Balaban J connectivity index is 1.39. The molecule has 2 aliphatic rings. The number of nitrogens with zero attached hydrogens (tertiary/aromatic N) is 2.